The van der Waals surface area contributed by atoms with Crippen molar-refractivity contribution in [1.82, 2.24) is 5.32 Å². The zero-order valence-corrected chi connectivity index (χ0v) is 11.1. The SMILES string of the molecule is CNC(Cc1ccc(Cl)cc1)C(C(F)(F)F)C(F)(F)F. The van der Waals surface area contributed by atoms with Crippen LogP contribution in [0.4, 0.5) is 26.3 Å². The highest BCUT2D eigenvalue weighted by atomic mass is 35.5. The third-order valence-electron chi connectivity index (χ3n) is 2.85. The van der Waals surface area contributed by atoms with Crippen molar-refractivity contribution < 1.29 is 26.3 Å². The van der Waals surface area contributed by atoms with E-state index >= 15 is 0 Å². The molecule has 1 rings (SSSR count). The molecule has 0 fully saturated rings. The van der Waals surface area contributed by atoms with Crippen LogP contribution in [0, 0.1) is 5.92 Å². The molecular weight excluding hydrogens is 308 g/mol. The molecule has 0 aliphatic heterocycles. The molecule has 0 heterocycles. The molecule has 0 aliphatic carbocycles. The van der Waals surface area contributed by atoms with Crippen LogP contribution < -0.4 is 5.32 Å². The van der Waals surface area contributed by atoms with E-state index in [-0.39, 0.29) is 0 Å². The second kappa shape index (κ2) is 6.22. The lowest BCUT2D eigenvalue weighted by Gasteiger charge is -2.30. The van der Waals surface area contributed by atoms with E-state index in [1.165, 1.54) is 24.3 Å². The number of rotatable bonds is 4. The molecule has 1 nitrogen and oxygen atoms in total. The molecule has 1 atom stereocenters. The Bertz CT molecular complexity index is 411. The average molecular weight is 320 g/mol. The van der Waals surface area contributed by atoms with E-state index in [4.69, 9.17) is 11.6 Å². The maximum Gasteiger partial charge on any atom is 0.402 e. The summed E-state index contributed by atoms with van der Waals surface area (Å²) in [6.07, 6.45) is -11.1. The Kier molecular flexibility index (Phi) is 5.32. The summed E-state index contributed by atoms with van der Waals surface area (Å²) in [6.45, 7) is 0. The van der Waals surface area contributed by atoms with Crippen LogP contribution in [0.25, 0.3) is 0 Å². The molecule has 1 N–H and O–H groups in total. The van der Waals surface area contributed by atoms with Crippen molar-refractivity contribution in [2.45, 2.75) is 24.8 Å². The van der Waals surface area contributed by atoms with Gasteiger partial charge in [0.1, 0.15) is 0 Å². The van der Waals surface area contributed by atoms with Gasteiger partial charge in [0, 0.05) is 11.1 Å². The van der Waals surface area contributed by atoms with Crippen molar-refractivity contribution in [3.05, 3.63) is 34.9 Å². The first-order chi connectivity index (χ1) is 9.05. The summed E-state index contributed by atoms with van der Waals surface area (Å²) < 4.78 is 75.8. The predicted octanol–water partition coefficient (Wildman–Crippen LogP) is 4.21. The van der Waals surface area contributed by atoms with Gasteiger partial charge in [0.05, 0.1) is 0 Å². The molecule has 1 aromatic rings. The topological polar surface area (TPSA) is 12.0 Å². The number of hydrogen-bond donors (Lipinski definition) is 1. The van der Waals surface area contributed by atoms with Crippen LogP contribution in [-0.2, 0) is 6.42 Å². The Morgan fingerprint density at radius 1 is 1.00 bits per heavy atom. The molecule has 0 aromatic heterocycles. The fourth-order valence-electron chi connectivity index (χ4n) is 1.90. The van der Waals surface area contributed by atoms with Gasteiger partial charge in [-0.25, -0.2) is 0 Å². The average Bonchev–Trinajstić information content (AvgIpc) is 2.27. The summed E-state index contributed by atoms with van der Waals surface area (Å²) in [5, 5.41) is 2.46. The van der Waals surface area contributed by atoms with E-state index in [1.807, 2.05) is 0 Å². The number of likely N-dealkylation sites (N-methyl/N-ethyl adjacent to an activating group) is 1. The van der Waals surface area contributed by atoms with E-state index in [0.29, 0.717) is 10.6 Å². The highest BCUT2D eigenvalue weighted by Gasteiger charge is 2.59. The van der Waals surface area contributed by atoms with Gasteiger partial charge in [-0.15, -0.1) is 0 Å². The summed E-state index contributed by atoms with van der Waals surface area (Å²) in [4.78, 5) is 0. The third-order valence-corrected chi connectivity index (χ3v) is 3.10. The van der Waals surface area contributed by atoms with Crippen molar-refractivity contribution >= 4 is 11.6 Å². The van der Waals surface area contributed by atoms with Crippen LogP contribution in [0.1, 0.15) is 5.56 Å². The van der Waals surface area contributed by atoms with Gasteiger partial charge in [-0.2, -0.15) is 26.3 Å². The standard InChI is InChI=1S/C12H12ClF6N/c1-20-9(6-7-2-4-8(13)5-3-7)10(11(14,15)16)12(17,18)19/h2-5,9-10,20H,6H2,1H3. The fourth-order valence-corrected chi connectivity index (χ4v) is 2.03. The van der Waals surface area contributed by atoms with E-state index in [0.717, 1.165) is 7.05 Å². The number of nitrogens with one attached hydrogen (secondary N) is 1. The van der Waals surface area contributed by atoms with Gasteiger partial charge in [0.2, 0.25) is 0 Å². The molecule has 0 saturated carbocycles. The predicted molar refractivity (Wildman–Crippen MR) is 63.6 cm³/mol. The van der Waals surface area contributed by atoms with E-state index in [2.05, 4.69) is 5.32 Å². The van der Waals surface area contributed by atoms with Gasteiger partial charge in [0.25, 0.3) is 0 Å². The Balaban J connectivity index is 3.00. The summed E-state index contributed by atoms with van der Waals surface area (Å²) in [7, 11) is 1.07. The van der Waals surface area contributed by atoms with Gasteiger partial charge >= 0.3 is 12.4 Å². The van der Waals surface area contributed by atoms with E-state index < -0.39 is 30.7 Å². The number of alkyl halides is 6. The van der Waals surface area contributed by atoms with Gasteiger partial charge in [-0.05, 0) is 31.2 Å². The Labute approximate surface area is 116 Å². The first-order valence-corrected chi connectivity index (χ1v) is 5.98. The minimum atomic E-state index is -5.36. The molecule has 0 radical (unpaired) electrons. The van der Waals surface area contributed by atoms with Gasteiger partial charge in [0.15, 0.2) is 5.92 Å². The fraction of sp³-hybridized carbons (Fsp3) is 0.500. The molecule has 0 spiro atoms. The molecule has 0 bridgehead atoms. The van der Waals surface area contributed by atoms with Gasteiger partial charge < -0.3 is 5.32 Å². The van der Waals surface area contributed by atoms with Crippen molar-refractivity contribution in [1.29, 1.82) is 0 Å². The van der Waals surface area contributed by atoms with Crippen LogP contribution in [0.15, 0.2) is 24.3 Å². The quantitative estimate of drug-likeness (QED) is 0.820. The second-order valence-electron chi connectivity index (χ2n) is 4.29. The monoisotopic (exact) mass is 319 g/mol. The molecule has 0 saturated heterocycles. The lowest BCUT2D eigenvalue weighted by atomic mass is 9.92. The summed E-state index contributed by atoms with van der Waals surface area (Å²) in [5.41, 5.74) is 0.340. The molecule has 0 aliphatic rings. The third kappa shape index (κ3) is 4.56. The van der Waals surface area contributed by atoms with Crippen LogP contribution in [0.2, 0.25) is 5.02 Å². The zero-order valence-electron chi connectivity index (χ0n) is 10.3. The number of halogens is 7. The van der Waals surface area contributed by atoms with Crippen LogP contribution in [0.3, 0.4) is 0 Å². The summed E-state index contributed by atoms with van der Waals surface area (Å²) in [6, 6.07) is 3.84. The lowest BCUT2D eigenvalue weighted by molar-refractivity contribution is -0.291. The van der Waals surface area contributed by atoms with E-state index in [9.17, 15) is 26.3 Å². The molecule has 8 heteroatoms. The van der Waals surface area contributed by atoms with Crippen LogP contribution >= 0.6 is 11.6 Å². The minimum absolute atomic E-state index is 0.340. The first-order valence-electron chi connectivity index (χ1n) is 5.61. The molecule has 20 heavy (non-hydrogen) atoms. The minimum Gasteiger partial charge on any atom is -0.316 e. The maximum atomic E-state index is 12.6. The van der Waals surface area contributed by atoms with E-state index in [1.54, 1.807) is 0 Å². The summed E-state index contributed by atoms with van der Waals surface area (Å²) in [5.74, 6) is -3.42. The highest BCUT2D eigenvalue weighted by molar-refractivity contribution is 6.30. The largest absolute Gasteiger partial charge is 0.402 e. The smallest absolute Gasteiger partial charge is 0.316 e. The molecule has 1 unspecified atom stereocenters. The van der Waals surface area contributed by atoms with Crippen molar-refractivity contribution in [2.24, 2.45) is 5.92 Å². The summed E-state index contributed by atoms with van der Waals surface area (Å²) >= 11 is 5.61. The van der Waals surface area contributed by atoms with Crippen molar-refractivity contribution in [3.8, 4) is 0 Å². The molecule has 0 amide bonds. The Hall–Kier alpha value is -0.950. The first kappa shape index (κ1) is 17.1. The number of hydrogen-bond acceptors (Lipinski definition) is 1. The maximum absolute atomic E-state index is 12.6. The van der Waals surface area contributed by atoms with Crippen molar-refractivity contribution in [2.75, 3.05) is 7.05 Å². The number of benzene rings is 1. The van der Waals surface area contributed by atoms with Crippen molar-refractivity contribution in [3.63, 3.8) is 0 Å². The van der Waals surface area contributed by atoms with Crippen LogP contribution in [-0.4, -0.2) is 25.4 Å². The van der Waals surface area contributed by atoms with Crippen LogP contribution in [0.5, 0.6) is 0 Å². The highest BCUT2D eigenvalue weighted by Crippen LogP contribution is 2.42. The normalized spacial score (nSPS) is 14.7. The zero-order chi connectivity index (χ0) is 15.6. The van der Waals surface area contributed by atoms with Gasteiger partial charge in [-0.1, -0.05) is 23.7 Å². The van der Waals surface area contributed by atoms with Gasteiger partial charge in [-0.3, -0.25) is 0 Å². The molecule has 1 aromatic carbocycles. The molecule has 114 valence electrons. The Morgan fingerprint density at radius 3 is 1.80 bits per heavy atom. The Morgan fingerprint density at radius 2 is 1.45 bits per heavy atom. The molecular formula is C12H12ClF6N. The lowest BCUT2D eigenvalue weighted by Crippen LogP contribution is -2.51. The second-order valence-corrected chi connectivity index (χ2v) is 4.72.